The summed E-state index contributed by atoms with van der Waals surface area (Å²) in [6.45, 7) is 2.28. The van der Waals surface area contributed by atoms with Gasteiger partial charge in [-0.15, -0.1) is 0 Å². The second-order valence-electron chi connectivity index (χ2n) is 5.28. The Morgan fingerprint density at radius 2 is 1.84 bits per heavy atom. The van der Waals surface area contributed by atoms with Gasteiger partial charge in [-0.05, 0) is 31.6 Å². The number of ether oxygens (including phenoxy) is 1. The number of anilines is 2. The van der Waals surface area contributed by atoms with Crippen LogP contribution in [0.4, 0.5) is 11.9 Å². The zero-order valence-electron chi connectivity index (χ0n) is 11.8. The highest BCUT2D eigenvalue weighted by Gasteiger charge is 2.21. The van der Waals surface area contributed by atoms with Crippen LogP contribution in [0.5, 0.6) is 6.01 Å². The number of nitrogens with zero attached hydrogens (tertiary/aromatic N) is 4. The Hall–Kier alpha value is -1.63. The molecule has 1 fully saturated rings. The average molecular weight is 266 g/mol. The van der Waals surface area contributed by atoms with E-state index in [4.69, 9.17) is 10.6 Å². The standard InChI is InChI=1S/C12H22N6O/c1-8-4-6-9(7-5-8)19-12-15-10(17-13)14-11(16-12)18(2)3/h8-9H,4-7,13H2,1-3H3,(H,14,15,16,17). The van der Waals surface area contributed by atoms with Crippen LogP contribution in [0.15, 0.2) is 0 Å². The van der Waals surface area contributed by atoms with E-state index in [1.54, 1.807) is 4.90 Å². The summed E-state index contributed by atoms with van der Waals surface area (Å²) in [7, 11) is 3.73. The van der Waals surface area contributed by atoms with Crippen LogP contribution in [-0.4, -0.2) is 35.2 Å². The highest BCUT2D eigenvalue weighted by Crippen LogP contribution is 2.26. The molecular formula is C12H22N6O. The van der Waals surface area contributed by atoms with Crippen molar-refractivity contribution in [3.05, 3.63) is 0 Å². The van der Waals surface area contributed by atoms with Gasteiger partial charge in [0.25, 0.3) is 0 Å². The smallest absolute Gasteiger partial charge is 0.323 e. The van der Waals surface area contributed by atoms with Crippen LogP contribution in [0.1, 0.15) is 32.6 Å². The number of nitrogens with one attached hydrogen (secondary N) is 1. The van der Waals surface area contributed by atoms with Crippen molar-refractivity contribution in [1.29, 1.82) is 0 Å². The predicted octanol–water partition coefficient (Wildman–Crippen LogP) is 1.18. The van der Waals surface area contributed by atoms with Gasteiger partial charge in [0.1, 0.15) is 6.10 Å². The van der Waals surface area contributed by atoms with Crippen molar-refractivity contribution in [1.82, 2.24) is 15.0 Å². The molecule has 0 atom stereocenters. The molecule has 0 unspecified atom stereocenters. The van der Waals surface area contributed by atoms with Gasteiger partial charge in [0.15, 0.2) is 0 Å². The van der Waals surface area contributed by atoms with Crippen LogP contribution in [-0.2, 0) is 0 Å². The minimum absolute atomic E-state index is 0.194. The van der Waals surface area contributed by atoms with Gasteiger partial charge in [-0.1, -0.05) is 6.92 Å². The highest BCUT2D eigenvalue weighted by molar-refractivity contribution is 5.36. The summed E-state index contributed by atoms with van der Waals surface area (Å²) in [5.74, 6) is 7.00. The molecule has 1 heterocycles. The Balaban J connectivity index is 2.08. The first-order valence-corrected chi connectivity index (χ1v) is 6.65. The SMILES string of the molecule is CC1CCC(Oc2nc(NN)nc(N(C)C)n2)CC1. The third kappa shape index (κ3) is 3.66. The molecule has 0 aromatic carbocycles. The zero-order chi connectivity index (χ0) is 13.8. The van der Waals surface area contributed by atoms with Crippen LogP contribution in [0.3, 0.4) is 0 Å². The largest absolute Gasteiger partial charge is 0.460 e. The van der Waals surface area contributed by atoms with Crippen molar-refractivity contribution in [2.75, 3.05) is 24.4 Å². The Morgan fingerprint density at radius 3 is 2.42 bits per heavy atom. The molecule has 0 radical (unpaired) electrons. The second-order valence-corrected chi connectivity index (χ2v) is 5.28. The Bertz CT molecular complexity index is 417. The van der Waals surface area contributed by atoms with Crippen molar-refractivity contribution >= 4 is 11.9 Å². The van der Waals surface area contributed by atoms with Crippen LogP contribution in [0, 0.1) is 5.92 Å². The van der Waals surface area contributed by atoms with Crippen molar-refractivity contribution in [2.45, 2.75) is 38.7 Å². The molecule has 1 aromatic rings. The number of hydrazine groups is 1. The van der Waals surface area contributed by atoms with Gasteiger partial charge in [0.2, 0.25) is 11.9 Å². The molecule has 7 nitrogen and oxygen atoms in total. The normalized spacial score (nSPS) is 22.9. The zero-order valence-corrected chi connectivity index (χ0v) is 11.8. The van der Waals surface area contributed by atoms with Crippen LogP contribution in [0.2, 0.25) is 0 Å². The summed E-state index contributed by atoms with van der Waals surface area (Å²) in [5, 5.41) is 0. The van der Waals surface area contributed by atoms with Gasteiger partial charge in [-0.3, -0.25) is 5.43 Å². The molecule has 19 heavy (non-hydrogen) atoms. The highest BCUT2D eigenvalue weighted by atomic mass is 16.5. The molecule has 0 aliphatic heterocycles. The molecule has 2 rings (SSSR count). The molecule has 0 amide bonds. The monoisotopic (exact) mass is 266 g/mol. The van der Waals surface area contributed by atoms with E-state index >= 15 is 0 Å². The first-order valence-electron chi connectivity index (χ1n) is 6.65. The maximum absolute atomic E-state index is 5.85. The van der Waals surface area contributed by atoms with E-state index in [1.165, 1.54) is 12.8 Å². The summed E-state index contributed by atoms with van der Waals surface area (Å²) in [6.07, 6.45) is 4.68. The predicted molar refractivity (Wildman–Crippen MR) is 74.0 cm³/mol. The maximum atomic E-state index is 5.85. The molecule has 7 heteroatoms. The van der Waals surface area contributed by atoms with Gasteiger partial charge in [0, 0.05) is 14.1 Å². The van der Waals surface area contributed by atoms with Crippen molar-refractivity contribution in [3.8, 4) is 6.01 Å². The first kappa shape index (κ1) is 13.8. The van der Waals surface area contributed by atoms with Crippen molar-refractivity contribution in [3.63, 3.8) is 0 Å². The Labute approximate surface area is 113 Å². The fourth-order valence-corrected chi connectivity index (χ4v) is 2.16. The van der Waals surface area contributed by atoms with E-state index in [1.807, 2.05) is 14.1 Å². The van der Waals surface area contributed by atoms with E-state index in [9.17, 15) is 0 Å². The number of aromatic nitrogens is 3. The minimum atomic E-state index is 0.194. The maximum Gasteiger partial charge on any atom is 0.323 e. The molecule has 1 aliphatic rings. The summed E-state index contributed by atoms with van der Waals surface area (Å²) in [6, 6.07) is 0.339. The van der Waals surface area contributed by atoms with E-state index in [0.29, 0.717) is 17.9 Å². The van der Waals surface area contributed by atoms with Gasteiger partial charge >= 0.3 is 6.01 Å². The van der Waals surface area contributed by atoms with Gasteiger partial charge in [0.05, 0.1) is 0 Å². The third-order valence-corrected chi connectivity index (χ3v) is 3.37. The second kappa shape index (κ2) is 6.01. The van der Waals surface area contributed by atoms with Gasteiger partial charge in [-0.2, -0.15) is 15.0 Å². The molecule has 1 saturated carbocycles. The van der Waals surface area contributed by atoms with Crippen molar-refractivity contribution < 1.29 is 4.74 Å². The molecule has 1 aromatic heterocycles. The summed E-state index contributed by atoms with van der Waals surface area (Å²) >= 11 is 0. The average Bonchev–Trinajstić information content (AvgIpc) is 2.41. The fourth-order valence-electron chi connectivity index (χ4n) is 2.16. The van der Waals surface area contributed by atoms with Crippen LogP contribution < -0.4 is 20.9 Å². The quantitative estimate of drug-likeness (QED) is 0.624. The van der Waals surface area contributed by atoms with E-state index in [2.05, 4.69) is 27.3 Å². The van der Waals surface area contributed by atoms with E-state index in [-0.39, 0.29) is 6.10 Å². The lowest BCUT2D eigenvalue weighted by Crippen LogP contribution is -2.25. The molecule has 0 spiro atoms. The van der Waals surface area contributed by atoms with Gasteiger partial charge < -0.3 is 9.64 Å². The molecular weight excluding hydrogens is 244 g/mol. The number of nitrogen functional groups attached to an aromatic ring is 1. The Morgan fingerprint density at radius 1 is 1.16 bits per heavy atom. The summed E-state index contributed by atoms with van der Waals surface area (Å²) in [5.41, 5.74) is 2.44. The summed E-state index contributed by atoms with van der Waals surface area (Å²) < 4.78 is 5.85. The number of nitrogens with two attached hydrogens (primary N) is 1. The van der Waals surface area contributed by atoms with E-state index in [0.717, 1.165) is 18.8 Å². The minimum Gasteiger partial charge on any atom is -0.460 e. The lowest BCUT2D eigenvalue weighted by molar-refractivity contribution is 0.124. The topological polar surface area (TPSA) is 89.2 Å². The van der Waals surface area contributed by atoms with Crippen LogP contribution >= 0.6 is 0 Å². The third-order valence-electron chi connectivity index (χ3n) is 3.37. The van der Waals surface area contributed by atoms with Gasteiger partial charge in [-0.25, -0.2) is 5.84 Å². The number of hydrogen-bond acceptors (Lipinski definition) is 7. The molecule has 3 N–H and O–H groups in total. The summed E-state index contributed by atoms with van der Waals surface area (Å²) in [4.78, 5) is 14.4. The van der Waals surface area contributed by atoms with E-state index < -0.39 is 0 Å². The van der Waals surface area contributed by atoms with Crippen LogP contribution in [0.25, 0.3) is 0 Å². The molecule has 0 saturated heterocycles. The lowest BCUT2D eigenvalue weighted by atomic mass is 9.89. The van der Waals surface area contributed by atoms with Crippen molar-refractivity contribution in [2.24, 2.45) is 11.8 Å². The molecule has 106 valence electrons. The molecule has 1 aliphatic carbocycles. The lowest BCUT2D eigenvalue weighted by Gasteiger charge is -2.26. The Kier molecular flexibility index (Phi) is 4.36. The number of rotatable bonds is 4. The first-order chi connectivity index (χ1) is 9.08. The molecule has 0 bridgehead atoms. The number of hydrogen-bond donors (Lipinski definition) is 2. The fraction of sp³-hybridized carbons (Fsp3) is 0.750.